The summed E-state index contributed by atoms with van der Waals surface area (Å²) in [6.07, 6.45) is 0.0393. The molecule has 0 radical (unpaired) electrons. The highest BCUT2D eigenvalue weighted by Gasteiger charge is 2.33. The molecular weight excluding hydrogens is 342 g/mol. The summed E-state index contributed by atoms with van der Waals surface area (Å²) >= 11 is 3.39. The maximum Gasteiger partial charge on any atom is 0.258 e. The summed E-state index contributed by atoms with van der Waals surface area (Å²) in [4.78, 5) is 14.7. The van der Waals surface area contributed by atoms with Gasteiger partial charge >= 0.3 is 0 Å². The number of carbonyl (C=O) groups is 1. The zero-order valence-electron chi connectivity index (χ0n) is 12.6. The number of anilines is 1. The Hall–Kier alpha value is -1.65. The van der Waals surface area contributed by atoms with Crippen LogP contribution >= 0.6 is 15.9 Å². The number of hydrogen-bond acceptors (Lipinski definition) is 2. The third-order valence-electron chi connectivity index (χ3n) is 4.12. The first-order chi connectivity index (χ1) is 10.5. The quantitative estimate of drug-likeness (QED) is 0.827. The van der Waals surface area contributed by atoms with Crippen LogP contribution in [0.15, 0.2) is 46.9 Å². The number of rotatable bonds is 1. The Morgan fingerprint density at radius 2 is 1.91 bits per heavy atom. The van der Waals surface area contributed by atoms with Gasteiger partial charge in [0, 0.05) is 21.6 Å². The van der Waals surface area contributed by atoms with Crippen molar-refractivity contribution in [1.29, 1.82) is 0 Å². The van der Waals surface area contributed by atoms with E-state index in [9.17, 15) is 9.90 Å². The van der Waals surface area contributed by atoms with Crippen LogP contribution < -0.4 is 4.90 Å². The number of benzene rings is 2. The Morgan fingerprint density at radius 3 is 2.59 bits per heavy atom. The van der Waals surface area contributed by atoms with Crippen LogP contribution in [0.3, 0.4) is 0 Å². The molecule has 0 aromatic heterocycles. The Kier molecular flexibility index (Phi) is 4.06. The largest absolute Gasteiger partial charge is 0.388 e. The number of aryl methyl sites for hydroxylation is 1. The minimum Gasteiger partial charge on any atom is -0.388 e. The highest BCUT2D eigenvalue weighted by Crippen LogP contribution is 2.38. The highest BCUT2D eigenvalue weighted by atomic mass is 79.9. The van der Waals surface area contributed by atoms with Crippen molar-refractivity contribution in [2.75, 3.05) is 4.90 Å². The third-order valence-corrected chi connectivity index (χ3v) is 4.65. The SMILES string of the molecule is Cc1ccc2c(c1)[C@@H](O)C[C@H](C)N2C(=O)c1ccc(Br)cc1. The fourth-order valence-electron chi connectivity index (χ4n) is 2.99. The van der Waals surface area contributed by atoms with Crippen molar-refractivity contribution in [2.24, 2.45) is 0 Å². The number of nitrogens with zero attached hydrogens (tertiary/aromatic N) is 1. The fraction of sp³-hybridized carbons (Fsp3) is 0.278. The predicted molar refractivity (Wildman–Crippen MR) is 91.2 cm³/mol. The molecule has 1 N–H and O–H groups in total. The van der Waals surface area contributed by atoms with Gasteiger partial charge in [0.1, 0.15) is 0 Å². The Labute approximate surface area is 138 Å². The van der Waals surface area contributed by atoms with Gasteiger partial charge in [0.25, 0.3) is 5.91 Å². The standard InChI is InChI=1S/C18H18BrNO2/c1-11-3-8-16-15(9-11)17(21)10-12(2)20(16)18(22)13-4-6-14(19)7-5-13/h3-9,12,17,21H,10H2,1-2H3/t12-,17-/m0/s1. The molecule has 3 rings (SSSR count). The van der Waals surface area contributed by atoms with Gasteiger partial charge in [-0.25, -0.2) is 0 Å². The highest BCUT2D eigenvalue weighted by molar-refractivity contribution is 9.10. The Bertz CT molecular complexity index is 712. The molecule has 0 fully saturated rings. The normalized spacial score (nSPS) is 20.6. The first-order valence-corrected chi connectivity index (χ1v) is 8.14. The van der Waals surface area contributed by atoms with Crippen LogP contribution in [-0.2, 0) is 0 Å². The molecule has 1 heterocycles. The van der Waals surface area contributed by atoms with Gasteiger partial charge in [-0.3, -0.25) is 4.79 Å². The van der Waals surface area contributed by atoms with E-state index in [0.717, 1.165) is 21.3 Å². The molecule has 2 atom stereocenters. The molecule has 2 aromatic rings. The zero-order chi connectivity index (χ0) is 15.9. The molecular formula is C18H18BrNO2. The maximum absolute atomic E-state index is 12.9. The van der Waals surface area contributed by atoms with Crippen molar-refractivity contribution in [3.8, 4) is 0 Å². The van der Waals surface area contributed by atoms with E-state index in [1.54, 1.807) is 4.90 Å². The summed E-state index contributed by atoms with van der Waals surface area (Å²) in [5.41, 5.74) is 3.38. The smallest absolute Gasteiger partial charge is 0.258 e. The van der Waals surface area contributed by atoms with E-state index >= 15 is 0 Å². The van der Waals surface area contributed by atoms with E-state index in [1.807, 2.05) is 56.3 Å². The molecule has 2 aromatic carbocycles. The second-order valence-electron chi connectivity index (χ2n) is 5.84. The van der Waals surface area contributed by atoms with Crippen LogP contribution in [0.5, 0.6) is 0 Å². The maximum atomic E-state index is 12.9. The predicted octanol–water partition coefficient (Wildman–Crippen LogP) is 4.23. The number of aliphatic hydroxyl groups excluding tert-OH is 1. The summed E-state index contributed by atoms with van der Waals surface area (Å²) in [5.74, 6) is -0.0306. The summed E-state index contributed by atoms with van der Waals surface area (Å²) in [7, 11) is 0. The van der Waals surface area contributed by atoms with Gasteiger partial charge in [0.2, 0.25) is 0 Å². The molecule has 0 spiro atoms. The van der Waals surface area contributed by atoms with Gasteiger partial charge in [-0.1, -0.05) is 33.6 Å². The minimum absolute atomic E-state index is 0.0306. The molecule has 4 heteroatoms. The van der Waals surface area contributed by atoms with Gasteiger partial charge in [-0.15, -0.1) is 0 Å². The van der Waals surface area contributed by atoms with Crippen LogP contribution in [-0.4, -0.2) is 17.1 Å². The van der Waals surface area contributed by atoms with Gasteiger partial charge < -0.3 is 10.0 Å². The summed E-state index contributed by atoms with van der Waals surface area (Å²) < 4.78 is 0.946. The number of aliphatic hydroxyl groups is 1. The average molecular weight is 360 g/mol. The minimum atomic E-state index is -0.515. The molecule has 3 nitrogen and oxygen atoms in total. The number of halogens is 1. The molecule has 0 saturated carbocycles. The molecule has 0 bridgehead atoms. The number of hydrogen-bond donors (Lipinski definition) is 1. The van der Waals surface area contributed by atoms with Crippen molar-refractivity contribution >= 4 is 27.5 Å². The third kappa shape index (κ3) is 2.69. The molecule has 1 aliphatic heterocycles. The van der Waals surface area contributed by atoms with Gasteiger partial charge in [-0.05, 0) is 50.6 Å². The van der Waals surface area contributed by atoms with E-state index in [0.29, 0.717) is 12.0 Å². The van der Waals surface area contributed by atoms with Crippen molar-refractivity contribution in [3.63, 3.8) is 0 Å². The van der Waals surface area contributed by atoms with Crippen LogP contribution in [0.25, 0.3) is 0 Å². The zero-order valence-corrected chi connectivity index (χ0v) is 14.2. The lowest BCUT2D eigenvalue weighted by molar-refractivity contribution is 0.0949. The van der Waals surface area contributed by atoms with Gasteiger partial charge in [0.15, 0.2) is 0 Å². The Balaban J connectivity index is 2.04. The van der Waals surface area contributed by atoms with E-state index in [-0.39, 0.29) is 11.9 Å². The Morgan fingerprint density at radius 1 is 1.23 bits per heavy atom. The fourth-order valence-corrected chi connectivity index (χ4v) is 3.26. The molecule has 1 aliphatic rings. The van der Waals surface area contributed by atoms with Crippen LogP contribution in [0.4, 0.5) is 5.69 Å². The molecule has 0 unspecified atom stereocenters. The second-order valence-corrected chi connectivity index (χ2v) is 6.76. The topological polar surface area (TPSA) is 40.5 Å². The lowest BCUT2D eigenvalue weighted by Gasteiger charge is -2.38. The lowest BCUT2D eigenvalue weighted by atomic mass is 9.92. The van der Waals surface area contributed by atoms with E-state index in [1.165, 1.54) is 0 Å². The lowest BCUT2D eigenvalue weighted by Crippen LogP contribution is -2.43. The van der Waals surface area contributed by atoms with Crippen molar-refractivity contribution < 1.29 is 9.90 Å². The summed E-state index contributed by atoms with van der Waals surface area (Å²) in [6, 6.07) is 13.2. The van der Waals surface area contributed by atoms with E-state index in [2.05, 4.69) is 15.9 Å². The molecule has 1 amide bonds. The number of amides is 1. The second kappa shape index (κ2) is 5.86. The summed E-state index contributed by atoms with van der Waals surface area (Å²) in [5, 5.41) is 10.3. The van der Waals surface area contributed by atoms with E-state index in [4.69, 9.17) is 0 Å². The van der Waals surface area contributed by atoms with Crippen molar-refractivity contribution in [3.05, 3.63) is 63.6 Å². The van der Waals surface area contributed by atoms with Gasteiger partial charge in [-0.2, -0.15) is 0 Å². The van der Waals surface area contributed by atoms with Crippen molar-refractivity contribution in [1.82, 2.24) is 0 Å². The van der Waals surface area contributed by atoms with Gasteiger partial charge in [0.05, 0.1) is 11.8 Å². The summed E-state index contributed by atoms with van der Waals surface area (Å²) in [6.45, 7) is 3.97. The monoisotopic (exact) mass is 359 g/mol. The molecule has 0 aliphatic carbocycles. The molecule has 114 valence electrons. The first-order valence-electron chi connectivity index (χ1n) is 7.35. The number of fused-ring (bicyclic) bond motifs is 1. The number of carbonyl (C=O) groups excluding carboxylic acids is 1. The molecule has 0 saturated heterocycles. The molecule has 22 heavy (non-hydrogen) atoms. The van der Waals surface area contributed by atoms with Crippen LogP contribution in [0.2, 0.25) is 0 Å². The van der Waals surface area contributed by atoms with Crippen LogP contribution in [0, 0.1) is 6.92 Å². The van der Waals surface area contributed by atoms with Crippen LogP contribution in [0.1, 0.15) is 40.9 Å². The average Bonchev–Trinajstić information content (AvgIpc) is 2.48. The van der Waals surface area contributed by atoms with E-state index < -0.39 is 6.10 Å². The first kappa shape index (κ1) is 15.3. The van der Waals surface area contributed by atoms with Crippen molar-refractivity contribution in [2.45, 2.75) is 32.4 Å².